The van der Waals surface area contributed by atoms with Crippen molar-refractivity contribution in [3.05, 3.63) is 24.3 Å². The summed E-state index contributed by atoms with van der Waals surface area (Å²) in [5.41, 5.74) is -0.918. The minimum atomic E-state index is -0.687. The van der Waals surface area contributed by atoms with Crippen LogP contribution >= 0.6 is 0 Å². The number of hydrogen-bond acceptors (Lipinski definition) is 2. The minimum absolute atomic E-state index is 0.231. The lowest BCUT2D eigenvalue weighted by Gasteiger charge is -2.34. The molecule has 21 heavy (non-hydrogen) atoms. The third kappa shape index (κ3) is 10.7. The maximum absolute atomic E-state index is 10.2. The van der Waals surface area contributed by atoms with Crippen LogP contribution in [0.1, 0.15) is 79.6 Å². The lowest BCUT2D eigenvalue weighted by atomic mass is 9.85. The van der Waals surface area contributed by atoms with Crippen LogP contribution in [-0.2, 0) is 0 Å². The first kappa shape index (κ1) is 20.4. The molecule has 0 atom stereocenters. The lowest BCUT2D eigenvalue weighted by molar-refractivity contribution is 0.0543. The van der Waals surface area contributed by atoms with E-state index in [-0.39, 0.29) is 5.54 Å². The topological polar surface area (TPSA) is 32.3 Å². The summed E-state index contributed by atoms with van der Waals surface area (Å²) in [7, 11) is 0. The van der Waals surface area contributed by atoms with Gasteiger partial charge in [0.05, 0.1) is 11.1 Å². The second kappa shape index (κ2) is 11.0. The summed E-state index contributed by atoms with van der Waals surface area (Å²) in [6, 6.07) is 0. The predicted octanol–water partition coefficient (Wildman–Crippen LogP) is 4.99. The second-order valence-corrected chi connectivity index (χ2v) is 6.72. The van der Waals surface area contributed by atoms with E-state index in [1.54, 1.807) is 0 Å². The Kier molecular flexibility index (Phi) is 10.7. The summed E-state index contributed by atoms with van der Waals surface area (Å²) in [5, 5.41) is 13.8. The standard InChI is InChI=1S/C19H37NO/c1-6-9-10-11-12-13-16-20-19(14-7-2,15-8-3)17-18(4,5)21/h7-8,14-15,20-21H,6,9-13,16-17H2,1-5H3. The molecule has 2 heteroatoms. The third-order valence-electron chi connectivity index (χ3n) is 3.64. The molecule has 0 amide bonds. The molecule has 124 valence electrons. The van der Waals surface area contributed by atoms with Crippen LogP contribution < -0.4 is 5.32 Å². The number of unbranched alkanes of at least 4 members (excludes halogenated alkanes) is 5. The fraction of sp³-hybridized carbons (Fsp3) is 0.789. The molecule has 0 aliphatic heterocycles. The van der Waals surface area contributed by atoms with Crippen molar-refractivity contribution in [2.75, 3.05) is 6.54 Å². The summed E-state index contributed by atoms with van der Waals surface area (Å²) in [4.78, 5) is 0. The molecule has 2 nitrogen and oxygen atoms in total. The Morgan fingerprint density at radius 1 is 0.905 bits per heavy atom. The summed E-state index contributed by atoms with van der Waals surface area (Å²) < 4.78 is 0. The van der Waals surface area contributed by atoms with Gasteiger partial charge in [-0.1, -0.05) is 63.3 Å². The van der Waals surface area contributed by atoms with Crippen LogP contribution in [0, 0.1) is 0 Å². The molecule has 0 fully saturated rings. The van der Waals surface area contributed by atoms with Crippen LogP contribution in [0.5, 0.6) is 0 Å². The van der Waals surface area contributed by atoms with E-state index in [0.29, 0.717) is 6.42 Å². The van der Waals surface area contributed by atoms with Crippen LogP contribution in [-0.4, -0.2) is 22.8 Å². The van der Waals surface area contributed by atoms with Crippen molar-refractivity contribution < 1.29 is 5.11 Å². The van der Waals surface area contributed by atoms with Crippen molar-refractivity contribution in [2.24, 2.45) is 0 Å². The zero-order chi connectivity index (χ0) is 16.2. The van der Waals surface area contributed by atoms with E-state index in [1.165, 1.54) is 38.5 Å². The number of hydrogen-bond donors (Lipinski definition) is 2. The van der Waals surface area contributed by atoms with Gasteiger partial charge in [0, 0.05) is 6.42 Å². The van der Waals surface area contributed by atoms with Crippen LogP contribution in [0.15, 0.2) is 24.3 Å². The Balaban J connectivity index is 4.40. The summed E-state index contributed by atoms with van der Waals surface area (Å²) in [6.07, 6.45) is 17.0. The molecular weight excluding hydrogens is 258 g/mol. The summed E-state index contributed by atoms with van der Waals surface area (Å²) >= 11 is 0. The molecule has 0 rings (SSSR count). The van der Waals surface area contributed by atoms with Gasteiger partial charge in [0.15, 0.2) is 0 Å². The van der Waals surface area contributed by atoms with Gasteiger partial charge < -0.3 is 10.4 Å². The SMILES string of the molecule is CC=CC(C=CC)(CC(C)(C)O)NCCCCCCCC. The number of aliphatic hydroxyl groups is 1. The molecule has 0 radical (unpaired) electrons. The van der Waals surface area contributed by atoms with Gasteiger partial charge in [0.1, 0.15) is 0 Å². The molecule has 0 aromatic rings. The Hall–Kier alpha value is -0.600. The van der Waals surface area contributed by atoms with E-state index in [0.717, 1.165) is 6.54 Å². The van der Waals surface area contributed by atoms with E-state index < -0.39 is 5.60 Å². The molecule has 0 aromatic heterocycles. The number of rotatable bonds is 12. The Morgan fingerprint density at radius 2 is 1.43 bits per heavy atom. The van der Waals surface area contributed by atoms with Gasteiger partial charge in [-0.25, -0.2) is 0 Å². The van der Waals surface area contributed by atoms with Crippen molar-refractivity contribution in [3.63, 3.8) is 0 Å². The highest BCUT2D eigenvalue weighted by Crippen LogP contribution is 2.24. The average Bonchev–Trinajstić information content (AvgIpc) is 2.36. The second-order valence-electron chi connectivity index (χ2n) is 6.72. The molecular formula is C19H37NO. The Morgan fingerprint density at radius 3 is 1.90 bits per heavy atom. The Bertz CT molecular complexity index is 287. The maximum atomic E-state index is 10.2. The number of nitrogens with one attached hydrogen (secondary N) is 1. The third-order valence-corrected chi connectivity index (χ3v) is 3.64. The highest BCUT2D eigenvalue weighted by Gasteiger charge is 2.30. The van der Waals surface area contributed by atoms with E-state index in [9.17, 15) is 5.11 Å². The molecule has 0 bridgehead atoms. The van der Waals surface area contributed by atoms with Gasteiger partial charge in [0.25, 0.3) is 0 Å². The minimum Gasteiger partial charge on any atom is -0.390 e. The quantitative estimate of drug-likeness (QED) is 0.393. The molecule has 0 heterocycles. The first-order chi connectivity index (χ1) is 9.89. The van der Waals surface area contributed by atoms with Gasteiger partial charge in [-0.05, 0) is 40.7 Å². The van der Waals surface area contributed by atoms with Gasteiger partial charge in [0.2, 0.25) is 0 Å². The van der Waals surface area contributed by atoms with Crippen LogP contribution in [0.3, 0.4) is 0 Å². The molecule has 0 saturated carbocycles. The molecule has 0 aromatic carbocycles. The van der Waals surface area contributed by atoms with Crippen LogP contribution in [0.25, 0.3) is 0 Å². The highest BCUT2D eigenvalue weighted by molar-refractivity contribution is 5.19. The normalized spacial score (nSPS) is 15.9. The average molecular weight is 296 g/mol. The van der Waals surface area contributed by atoms with Crippen molar-refractivity contribution in [1.82, 2.24) is 5.32 Å². The van der Waals surface area contributed by atoms with Crippen LogP contribution in [0.2, 0.25) is 0 Å². The van der Waals surface area contributed by atoms with Crippen molar-refractivity contribution in [3.8, 4) is 0 Å². The van der Waals surface area contributed by atoms with Gasteiger partial charge in [-0.2, -0.15) is 0 Å². The predicted molar refractivity (Wildman–Crippen MR) is 94.7 cm³/mol. The van der Waals surface area contributed by atoms with Gasteiger partial charge in [-0.3, -0.25) is 0 Å². The zero-order valence-electron chi connectivity index (χ0n) is 14.9. The molecule has 2 N–H and O–H groups in total. The first-order valence-electron chi connectivity index (χ1n) is 8.64. The maximum Gasteiger partial charge on any atom is 0.0615 e. The monoisotopic (exact) mass is 295 g/mol. The van der Waals surface area contributed by atoms with E-state index in [4.69, 9.17) is 0 Å². The number of allylic oxidation sites excluding steroid dienone is 2. The molecule has 0 aliphatic carbocycles. The molecule has 0 aliphatic rings. The molecule has 0 spiro atoms. The smallest absolute Gasteiger partial charge is 0.0615 e. The highest BCUT2D eigenvalue weighted by atomic mass is 16.3. The molecule has 0 saturated heterocycles. The largest absolute Gasteiger partial charge is 0.390 e. The van der Waals surface area contributed by atoms with E-state index in [2.05, 4.69) is 36.5 Å². The van der Waals surface area contributed by atoms with Crippen molar-refractivity contribution in [1.29, 1.82) is 0 Å². The van der Waals surface area contributed by atoms with Crippen molar-refractivity contribution >= 4 is 0 Å². The Labute approximate surface area is 132 Å². The first-order valence-corrected chi connectivity index (χ1v) is 8.64. The van der Waals surface area contributed by atoms with Crippen LogP contribution in [0.4, 0.5) is 0 Å². The fourth-order valence-corrected chi connectivity index (χ4v) is 2.89. The summed E-state index contributed by atoms with van der Waals surface area (Å²) in [6.45, 7) is 11.1. The molecule has 0 unspecified atom stereocenters. The van der Waals surface area contributed by atoms with Crippen molar-refractivity contribution in [2.45, 2.75) is 90.7 Å². The zero-order valence-corrected chi connectivity index (χ0v) is 14.9. The van der Waals surface area contributed by atoms with E-state index >= 15 is 0 Å². The summed E-state index contributed by atoms with van der Waals surface area (Å²) in [5.74, 6) is 0. The van der Waals surface area contributed by atoms with Gasteiger partial charge >= 0.3 is 0 Å². The lowest BCUT2D eigenvalue weighted by Crippen LogP contribution is -2.47. The van der Waals surface area contributed by atoms with Gasteiger partial charge in [-0.15, -0.1) is 0 Å². The van der Waals surface area contributed by atoms with E-state index in [1.807, 2.05) is 27.7 Å². The fourth-order valence-electron chi connectivity index (χ4n) is 2.89.